The fraction of sp³-hybridized carbons (Fsp3) is 0.556. The first-order valence-corrected chi connectivity index (χ1v) is 4.57. The first-order chi connectivity index (χ1) is 6.58. The van der Waals surface area contributed by atoms with Gasteiger partial charge in [0.25, 0.3) is 0 Å². The number of aliphatic hydroxyl groups is 1. The second kappa shape index (κ2) is 3.09. The van der Waals surface area contributed by atoms with E-state index in [-0.39, 0.29) is 12.3 Å². The molecule has 5 heteroatoms. The molecule has 0 radical (unpaired) electrons. The van der Waals surface area contributed by atoms with Crippen molar-refractivity contribution >= 4 is 11.7 Å². The zero-order valence-electron chi connectivity index (χ0n) is 8.27. The van der Waals surface area contributed by atoms with Crippen LogP contribution < -0.4 is 4.90 Å². The normalized spacial score (nSPS) is 22.1. The summed E-state index contributed by atoms with van der Waals surface area (Å²) in [5.74, 6) is 0.713. The molecule has 1 unspecified atom stereocenters. The molecule has 1 aliphatic heterocycles. The van der Waals surface area contributed by atoms with E-state index in [1.54, 1.807) is 16.6 Å². The van der Waals surface area contributed by atoms with Crippen LogP contribution >= 0.6 is 0 Å². The van der Waals surface area contributed by atoms with Crippen LogP contribution in [-0.4, -0.2) is 33.4 Å². The summed E-state index contributed by atoms with van der Waals surface area (Å²) in [6, 6.07) is 1.84. The van der Waals surface area contributed by atoms with Gasteiger partial charge in [-0.25, -0.2) is 0 Å². The molecule has 76 valence electrons. The van der Waals surface area contributed by atoms with Crippen molar-refractivity contribution in [3.63, 3.8) is 0 Å². The smallest absolute Gasteiger partial charge is 0.230 e. The van der Waals surface area contributed by atoms with Crippen LogP contribution in [0.25, 0.3) is 0 Å². The lowest BCUT2D eigenvalue weighted by atomic mass is 10.3. The zero-order chi connectivity index (χ0) is 10.3. The molecule has 1 aromatic rings. The number of nitrogens with zero attached hydrogens (tertiary/aromatic N) is 3. The van der Waals surface area contributed by atoms with E-state index in [1.165, 1.54) is 0 Å². The molecule has 2 rings (SSSR count). The quantitative estimate of drug-likeness (QED) is 0.676. The standard InChI is InChI=1S/C9H13N3O2/c1-6-3-8(11(2)10-6)12-5-7(13)4-9(12)14/h3,7,13H,4-5H2,1-2H3. The summed E-state index contributed by atoms with van der Waals surface area (Å²) in [5, 5.41) is 13.5. The summed E-state index contributed by atoms with van der Waals surface area (Å²) in [4.78, 5) is 13.0. The fourth-order valence-corrected chi connectivity index (χ4v) is 1.76. The van der Waals surface area contributed by atoms with Gasteiger partial charge in [-0.2, -0.15) is 5.10 Å². The third-order valence-corrected chi connectivity index (χ3v) is 2.36. The number of anilines is 1. The number of amides is 1. The number of carbonyl (C=O) groups excluding carboxylic acids is 1. The Kier molecular flexibility index (Phi) is 2.03. The Morgan fingerprint density at radius 1 is 1.64 bits per heavy atom. The van der Waals surface area contributed by atoms with Gasteiger partial charge in [0, 0.05) is 13.1 Å². The molecule has 0 saturated carbocycles. The number of aromatic nitrogens is 2. The second-order valence-corrected chi connectivity index (χ2v) is 3.63. The predicted molar refractivity (Wildman–Crippen MR) is 50.9 cm³/mol. The maximum Gasteiger partial charge on any atom is 0.230 e. The maximum absolute atomic E-state index is 11.5. The van der Waals surface area contributed by atoms with E-state index < -0.39 is 6.10 Å². The molecule has 5 nitrogen and oxygen atoms in total. The van der Waals surface area contributed by atoms with E-state index in [1.807, 2.05) is 13.0 Å². The highest BCUT2D eigenvalue weighted by Gasteiger charge is 2.30. The average molecular weight is 195 g/mol. The van der Waals surface area contributed by atoms with Crippen molar-refractivity contribution in [3.05, 3.63) is 11.8 Å². The van der Waals surface area contributed by atoms with Crippen molar-refractivity contribution in [1.82, 2.24) is 9.78 Å². The molecular formula is C9H13N3O2. The van der Waals surface area contributed by atoms with Gasteiger partial charge in [0.2, 0.25) is 5.91 Å². The highest BCUT2D eigenvalue weighted by Crippen LogP contribution is 2.21. The summed E-state index contributed by atoms with van der Waals surface area (Å²) in [6.07, 6.45) is -0.331. The number of β-amino-alcohol motifs (C(OH)–C–C–N with tert-alkyl or cyclic N) is 1. The molecule has 1 aliphatic rings. The van der Waals surface area contributed by atoms with Crippen molar-refractivity contribution in [3.8, 4) is 0 Å². The van der Waals surface area contributed by atoms with Gasteiger partial charge in [-0.05, 0) is 6.92 Å². The Labute approximate surface area is 81.9 Å². The number of carbonyl (C=O) groups is 1. The van der Waals surface area contributed by atoms with Crippen LogP contribution in [0.3, 0.4) is 0 Å². The molecule has 1 saturated heterocycles. The van der Waals surface area contributed by atoms with Gasteiger partial charge in [-0.15, -0.1) is 0 Å². The van der Waals surface area contributed by atoms with Gasteiger partial charge in [0.15, 0.2) is 0 Å². The summed E-state index contributed by atoms with van der Waals surface area (Å²) in [7, 11) is 1.79. The van der Waals surface area contributed by atoms with E-state index in [9.17, 15) is 9.90 Å². The molecule has 1 aromatic heterocycles. The van der Waals surface area contributed by atoms with Gasteiger partial charge < -0.3 is 5.11 Å². The van der Waals surface area contributed by atoms with E-state index in [2.05, 4.69) is 5.10 Å². The summed E-state index contributed by atoms with van der Waals surface area (Å²) in [5.41, 5.74) is 0.872. The number of aryl methyl sites for hydroxylation is 2. The molecule has 0 bridgehead atoms. The monoisotopic (exact) mass is 195 g/mol. The third-order valence-electron chi connectivity index (χ3n) is 2.36. The van der Waals surface area contributed by atoms with Crippen molar-refractivity contribution in [1.29, 1.82) is 0 Å². The molecule has 1 N–H and O–H groups in total. The lowest BCUT2D eigenvalue weighted by Gasteiger charge is -2.14. The molecule has 14 heavy (non-hydrogen) atoms. The lowest BCUT2D eigenvalue weighted by Crippen LogP contribution is -2.27. The van der Waals surface area contributed by atoms with Crippen LogP contribution in [0.4, 0.5) is 5.82 Å². The van der Waals surface area contributed by atoms with Gasteiger partial charge in [-0.1, -0.05) is 0 Å². The molecule has 1 amide bonds. The first kappa shape index (κ1) is 9.21. The van der Waals surface area contributed by atoms with Crippen LogP contribution in [0.2, 0.25) is 0 Å². The Hall–Kier alpha value is -1.36. The van der Waals surface area contributed by atoms with Gasteiger partial charge in [0.1, 0.15) is 5.82 Å². The minimum atomic E-state index is -0.544. The van der Waals surface area contributed by atoms with Crippen molar-refractivity contribution in [2.24, 2.45) is 7.05 Å². The number of rotatable bonds is 1. The van der Waals surface area contributed by atoms with Crippen LogP contribution in [0.5, 0.6) is 0 Å². The fourth-order valence-electron chi connectivity index (χ4n) is 1.76. The van der Waals surface area contributed by atoms with Gasteiger partial charge >= 0.3 is 0 Å². The minimum absolute atomic E-state index is 0.0412. The van der Waals surface area contributed by atoms with Crippen molar-refractivity contribution in [2.45, 2.75) is 19.4 Å². The number of hydrogen-bond acceptors (Lipinski definition) is 3. The van der Waals surface area contributed by atoms with Crippen LogP contribution in [-0.2, 0) is 11.8 Å². The van der Waals surface area contributed by atoms with Crippen LogP contribution in [0.15, 0.2) is 6.07 Å². The van der Waals surface area contributed by atoms with Crippen molar-refractivity contribution < 1.29 is 9.90 Å². The lowest BCUT2D eigenvalue weighted by molar-refractivity contribution is -0.117. The summed E-state index contributed by atoms with van der Waals surface area (Å²) < 4.78 is 1.66. The van der Waals surface area contributed by atoms with E-state index >= 15 is 0 Å². The molecule has 1 fully saturated rings. The van der Waals surface area contributed by atoms with Crippen LogP contribution in [0.1, 0.15) is 12.1 Å². The summed E-state index contributed by atoms with van der Waals surface area (Å²) in [6.45, 7) is 2.25. The highest BCUT2D eigenvalue weighted by atomic mass is 16.3. The zero-order valence-corrected chi connectivity index (χ0v) is 8.27. The van der Waals surface area contributed by atoms with E-state index in [0.29, 0.717) is 6.54 Å². The second-order valence-electron chi connectivity index (χ2n) is 3.63. The Morgan fingerprint density at radius 2 is 2.36 bits per heavy atom. The molecular weight excluding hydrogens is 182 g/mol. The maximum atomic E-state index is 11.5. The molecule has 0 aromatic carbocycles. The van der Waals surface area contributed by atoms with Gasteiger partial charge in [-0.3, -0.25) is 14.4 Å². The number of hydrogen-bond donors (Lipinski definition) is 1. The average Bonchev–Trinajstić information content (AvgIpc) is 2.55. The minimum Gasteiger partial charge on any atom is -0.391 e. The molecule has 2 heterocycles. The topological polar surface area (TPSA) is 58.4 Å². The largest absolute Gasteiger partial charge is 0.391 e. The highest BCUT2D eigenvalue weighted by molar-refractivity contribution is 5.95. The van der Waals surface area contributed by atoms with E-state index in [0.717, 1.165) is 11.5 Å². The van der Waals surface area contributed by atoms with Gasteiger partial charge in [0.05, 0.1) is 24.8 Å². The summed E-state index contributed by atoms with van der Waals surface area (Å²) >= 11 is 0. The van der Waals surface area contributed by atoms with E-state index in [4.69, 9.17) is 0 Å². The predicted octanol–water partition coefficient (Wildman–Crippen LogP) is -0.174. The van der Waals surface area contributed by atoms with Crippen LogP contribution in [0, 0.1) is 6.92 Å². The molecule has 0 aliphatic carbocycles. The number of aliphatic hydroxyl groups excluding tert-OH is 1. The third kappa shape index (κ3) is 1.39. The Balaban J connectivity index is 2.31. The first-order valence-electron chi connectivity index (χ1n) is 4.57. The molecule has 0 spiro atoms. The molecule has 1 atom stereocenters. The Bertz CT molecular complexity index is 372. The van der Waals surface area contributed by atoms with Crippen molar-refractivity contribution in [2.75, 3.05) is 11.4 Å². The SMILES string of the molecule is Cc1cc(N2CC(O)CC2=O)n(C)n1. The Morgan fingerprint density at radius 3 is 2.79 bits per heavy atom.